The number of rotatable bonds is 2. The van der Waals surface area contributed by atoms with Crippen LogP contribution in [0.2, 0.25) is 0 Å². The summed E-state index contributed by atoms with van der Waals surface area (Å²) in [6, 6.07) is 7.34. The summed E-state index contributed by atoms with van der Waals surface area (Å²) in [6.07, 6.45) is 4.84. The van der Waals surface area contributed by atoms with Crippen molar-refractivity contribution in [3.63, 3.8) is 0 Å². The topological polar surface area (TPSA) is 101 Å². The van der Waals surface area contributed by atoms with E-state index in [4.69, 9.17) is 15.2 Å². The van der Waals surface area contributed by atoms with E-state index in [1.165, 1.54) is 4.90 Å². The number of guanidine groups is 1. The number of nitrogens with zero attached hydrogens (tertiary/aromatic N) is 3. The van der Waals surface area contributed by atoms with Crippen molar-refractivity contribution in [3.8, 4) is 11.9 Å². The van der Waals surface area contributed by atoms with Crippen LogP contribution < -0.4 is 10.5 Å². The Balaban J connectivity index is 1.85. The maximum Gasteiger partial charge on any atom is 0.315 e. The third kappa shape index (κ3) is 2.34. The van der Waals surface area contributed by atoms with E-state index in [0.717, 1.165) is 16.9 Å². The minimum absolute atomic E-state index is 0.0543. The van der Waals surface area contributed by atoms with Gasteiger partial charge in [0.05, 0.1) is 13.5 Å². The van der Waals surface area contributed by atoms with Crippen molar-refractivity contribution in [2.75, 3.05) is 7.11 Å². The summed E-state index contributed by atoms with van der Waals surface area (Å²) in [4.78, 5) is 17.4. The highest BCUT2D eigenvalue weighted by Gasteiger charge is 2.46. The van der Waals surface area contributed by atoms with E-state index in [1.54, 1.807) is 7.11 Å². The van der Waals surface area contributed by atoms with Crippen LogP contribution in [-0.4, -0.2) is 30.0 Å². The quantitative estimate of drug-likeness (QED) is 0.652. The molecule has 2 unspecified atom stereocenters. The van der Waals surface area contributed by atoms with E-state index in [-0.39, 0.29) is 24.3 Å². The second kappa shape index (κ2) is 5.67. The number of carbonyl (C=O) groups excluding carboxylic acids is 1. The van der Waals surface area contributed by atoms with Crippen LogP contribution in [0.15, 0.2) is 52.4 Å². The van der Waals surface area contributed by atoms with E-state index in [0.29, 0.717) is 17.9 Å². The Morgan fingerprint density at radius 1 is 1.48 bits per heavy atom. The molecule has 3 aliphatic rings. The summed E-state index contributed by atoms with van der Waals surface area (Å²) < 4.78 is 10.7. The van der Waals surface area contributed by atoms with Crippen LogP contribution in [0.1, 0.15) is 24.3 Å². The van der Waals surface area contributed by atoms with Gasteiger partial charge in [0, 0.05) is 5.92 Å². The number of hydrogen-bond acceptors (Lipinski definition) is 7. The van der Waals surface area contributed by atoms with Gasteiger partial charge in [-0.2, -0.15) is 5.26 Å². The van der Waals surface area contributed by atoms with Crippen molar-refractivity contribution in [1.29, 1.82) is 5.26 Å². The molecular formula is C18H16N4O3. The first-order valence-corrected chi connectivity index (χ1v) is 7.93. The summed E-state index contributed by atoms with van der Waals surface area (Å²) >= 11 is 0. The average molecular weight is 336 g/mol. The molecule has 0 radical (unpaired) electrons. The number of carbonyl (C=O) groups is 1. The minimum atomic E-state index is -0.393. The number of allylic oxidation sites excluding steroid dienone is 1. The number of methoxy groups -OCH3 is 1. The average Bonchev–Trinajstić information content (AvgIpc) is 2.97. The Bertz CT molecular complexity index is 894. The molecule has 1 aliphatic carbocycles. The predicted molar refractivity (Wildman–Crippen MR) is 89.0 cm³/mol. The van der Waals surface area contributed by atoms with Crippen LogP contribution in [0.4, 0.5) is 0 Å². The monoisotopic (exact) mass is 336 g/mol. The lowest BCUT2D eigenvalue weighted by atomic mass is 9.78. The van der Waals surface area contributed by atoms with Gasteiger partial charge in [-0.25, -0.2) is 9.89 Å². The molecule has 4 rings (SSSR count). The molecule has 0 spiro atoms. The van der Waals surface area contributed by atoms with Crippen LogP contribution in [-0.2, 0) is 9.53 Å². The normalized spacial score (nSPS) is 24.6. The fraction of sp³-hybridized carbons (Fsp3) is 0.278. The molecule has 2 heterocycles. The Morgan fingerprint density at radius 3 is 3.08 bits per heavy atom. The number of nitrogens with two attached hydrogens (primary N) is 1. The van der Waals surface area contributed by atoms with Crippen molar-refractivity contribution in [2.45, 2.75) is 24.8 Å². The smallest absolute Gasteiger partial charge is 0.315 e. The van der Waals surface area contributed by atoms with Gasteiger partial charge in [0.1, 0.15) is 17.5 Å². The lowest BCUT2D eigenvalue weighted by Crippen LogP contribution is -2.42. The minimum Gasteiger partial charge on any atom is -0.497 e. The maximum atomic E-state index is 11.7. The first-order valence-electron chi connectivity index (χ1n) is 7.93. The highest BCUT2D eigenvalue weighted by atomic mass is 16.5. The summed E-state index contributed by atoms with van der Waals surface area (Å²) in [6.45, 7) is 0. The number of ether oxygens (including phenoxy) is 2. The number of nitriles is 1. The van der Waals surface area contributed by atoms with Gasteiger partial charge in [0.15, 0.2) is 12.0 Å². The summed E-state index contributed by atoms with van der Waals surface area (Å²) in [5.74, 6) is 0.926. The van der Waals surface area contributed by atoms with Crippen molar-refractivity contribution in [2.24, 2.45) is 10.7 Å². The number of aliphatic imine (C=N–C) groups is 1. The second-order valence-corrected chi connectivity index (χ2v) is 6.09. The van der Waals surface area contributed by atoms with Crippen molar-refractivity contribution < 1.29 is 14.3 Å². The summed E-state index contributed by atoms with van der Waals surface area (Å²) in [7, 11) is 1.62. The van der Waals surface area contributed by atoms with E-state index in [2.05, 4.69) is 11.2 Å². The molecule has 7 heteroatoms. The Kier molecular flexibility index (Phi) is 3.46. The number of esters is 1. The zero-order valence-electron chi connectivity index (χ0n) is 13.6. The highest BCUT2D eigenvalue weighted by Crippen LogP contribution is 2.46. The summed E-state index contributed by atoms with van der Waals surface area (Å²) in [5.41, 5.74) is 8.42. The molecule has 0 saturated carbocycles. The van der Waals surface area contributed by atoms with Crippen LogP contribution >= 0.6 is 0 Å². The molecular weight excluding hydrogens is 320 g/mol. The highest BCUT2D eigenvalue weighted by molar-refractivity contribution is 5.86. The van der Waals surface area contributed by atoms with E-state index in [1.807, 2.05) is 30.3 Å². The molecule has 2 N–H and O–H groups in total. The standard InChI is InChI=1S/C18H16N4O3/c1-24-12-4-2-3-10(7-12)13-8-11-5-6-14(23)25-17(11)15-16(13)22(9-19)18(20)21-15/h2-5,7,13,16H,6,8H2,1H3,(H2,20,21). The van der Waals surface area contributed by atoms with Gasteiger partial charge in [0.2, 0.25) is 5.96 Å². The summed E-state index contributed by atoms with van der Waals surface area (Å²) in [5, 5.41) is 9.53. The SMILES string of the molecule is COc1cccc(C2CC3=CCC(=O)OC3=C3N=C(N)N(C#N)C32)c1. The Morgan fingerprint density at radius 2 is 2.32 bits per heavy atom. The first-order chi connectivity index (χ1) is 12.1. The molecule has 0 aromatic heterocycles. The van der Waals surface area contributed by atoms with Crippen LogP contribution in [0, 0.1) is 11.5 Å². The Labute approximate surface area is 144 Å². The van der Waals surface area contributed by atoms with E-state index < -0.39 is 6.04 Å². The van der Waals surface area contributed by atoms with Gasteiger partial charge in [-0.05, 0) is 29.7 Å². The number of hydrogen-bond donors (Lipinski definition) is 1. The molecule has 0 saturated heterocycles. The largest absolute Gasteiger partial charge is 0.497 e. The molecule has 0 fully saturated rings. The van der Waals surface area contributed by atoms with Crippen molar-refractivity contribution in [1.82, 2.24) is 4.90 Å². The van der Waals surface area contributed by atoms with Crippen LogP contribution in [0.5, 0.6) is 5.75 Å². The molecule has 0 bridgehead atoms. The van der Waals surface area contributed by atoms with Gasteiger partial charge in [-0.15, -0.1) is 0 Å². The van der Waals surface area contributed by atoms with Gasteiger partial charge in [0.25, 0.3) is 0 Å². The molecule has 0 amide bonds. The molecule has 126 valence electrons. The fourth-order valence-corrected chi connectivity index (χ4v) is 3.61. The molecule has 1 aromatic carbocycles. The number of fused-ring (bicyclic) bond motifs is 2. The zero-order valence-corrected chi connectivity index (χ0v) is 13.6. The molecule has 25 heavy (non-hydrogen) atoms. The van der Waals surface area contributed by atoms with Crippen LogP contribution in [0.25, 0.3) is 0 Å². The zero-order chi connectivity index (χ0) is 17.6. The molecule has 2 aliphatic heterocycles. The Hall–Kier alpha value is -3.27. The third-order valence-electron chi connectivity index (χ3n) is 4.75. The molecule has 1 aromatic rings. The number of benzene rings is 1. The second-order valence-electron chi connectivity index (χ2n) is 6.09. The van der Waals surface area contributed by atoms with Gasteiger partial charge >= 0.3 is 5.97 Å². The van der Waals surface area contributed by atoms with E-state index in [9.17, 15) is 10.1 Å². The van der Waals surface area contributed by atoms with Gasteiger partial charge < -0.3 is 15.2 Å². The lowest BCUT2D eigenvalue weighted by Gasteiger charge is -2.35. The molecule has 7 nitrogen and oxygen atoms in total. The molecule has 2 atom stereocenters. The van der Waals surface area contributed by atoms with Crippen molar-refractivity contribution >= 4 is 11.9 Å². The van der Waals surface area contributed by atoms with Crippen molar-refractivity contribution in [3.05, 3.63) is 52.9 Å². The fourth-order valence-electron chi connectivity index (χ4n) is 3.61. The van der Waals surface area contributed by atoms with Gasteiger partial charge in [-0.3, -0.25) is 4.79 Å². The van der Waals surface area contributed by atoms with Crippen LogP contribution in [0.3, 0.4) is 0 Å². The van der Waals surface area contributed by atoms with Gasteiger partial charge in [-0.1, -0.05) is 18.2 Å². The van der Waals surface area contributed by atoms with E-state index >= 15 is 0 Å². The first kappa shape index (κ1) is 15.3. The third-order valence-corrected chi connectivity index (χ3v) is 4.75. The maximum absolute atomic E-state index is 11.7. The predicted octanol–water partition coefficient (Wildman–Crippen LogP) is 1.75. The lowest BCUT2D eigenvalue weighted by molar-refractivity contribution is -0.139.